The Hall–Kier alpha value is -0.120. The molecule has 0 aliphatic carbocycles. The zero-order valence-electron chi connectivity index (χ0n) is 9.35. The van der Waals surface area contributed by atoms with Crippen molar-refractivity contribution in [3.05, 3.63) is 0 Å². The molecule has 0 saturated carbocycles. The van der Waals surface area contributed by atoms with Crippen LogP contribution in [-0.2, 0) is 4.74 Å². The van der Waals surface area contributed by atoms with Crippen LogP contribution in [0.4, 0.5) is 0 Å². The van der Waals surface area contributed by atoms with Crippen molar-refractivity contribution < 1.29 is 4.74 Å². The molecule has 84 valence electrons. The molecule has 0 radical (unpaired) electrons. The highest BCUT2D eigenvalue weighted by Crippen LogP contribution is 2.14. The molecule has 1 aliphatic heterocycles. The Morgan fingerprint density at radius 2 is 2.00 bits per heavy atom. The van der Waals surface area contributed by atoms with Crippen LogP contribution < -0.4 is 10.6 Å². The van der Waals surface area contributed by atoms with Crippen molar-refractivity contribution in [2.75, 3.05) is 32.8 Å². The van der Waals surface area contributed by atoms with Gasteiger partial charge in [-0.15, -0.1) is 0 Å². The first-order valence-electron chi connectivity index (χ1n) is 5.96. The topological polar surface area (TPSA) is 33.3 Å². The van der Waals surface area contributed by atoms with E-state index in [-0.39, 0.29) is 0 Å². The zero-order valence-corrected chi connectivity index (χ0v) is 9.35. The van der Waals surface area contributed by atoms with Crippen LogP contribution >= 0.6 is 0 Å². The second-order valence-electron chi connectivity index (χ2n) is 3.88. The predicted octanol–water partition coefficient (Wildman–Crippen LogP) is 1.14. The number of hydrogen-bond donors (Lipinski definition) is 2. The molecular formula is C11H24N2O. The van der Waals surface area contributed by atoms with Gasteiger partial charge < -0.3 is 15.4 Å². The summed E-state index contributed by atoms with van der Waals surface area (Å²) >= 11 is 0. The van der Waals surface area contributed by atoms with E-state index >= 15 is 0 Å². The third kappa shape index (κ3) is 5.58. The standard InChI is InChI=1S/C11H24N2O/c1-2-12-8-9-13-7-6-11-5-3-4-10-14-11/h11-13H,2-10H2,1H3. The number of likely N-dealkylation sites (N-methyl/N-ethyl adjacent to an activating group) is 1. The number of rotatable bonds is 7. The maximum Gasteiger partial charge on any atom is 0.0587 e. The summed E-state index contributed by atoms with van der Waals surface area (Å²) in [5.74, 6) is 0. The van der Waals surface area contributed by atoms with Gasteiger partial charge in [-0.3, -0.25) is 0 Å². The van der Waals surface area contributed by atoms with Gasteiger partial charge in [0.05, 0.1) is 6.10 Å². The van der Waals surface area contributed by atoms with Gasteiger partial charge in [0.1, 0.15) is 0 Å². The molecular weight excluding hydrogens is 176 g/mol. The highest BCUT2D eigenvalue weighted by atomic mass is 16.5. The molecule has 0 aromatic carbocycles. The smallest absolute Gasteiger partial charge is 0.0587 e. The van der Waals surface area contributed by atoms with Crippen LogP contribution in [0.15, 0.2) is 0 Å². The number of ether oxygens (including phenoxy) is 1. The minimum atomic E-state index is 0.524. The van der Waals surface area contributed by atoms with Gasteiger partial charge in [0.25, 0.3) is 0 Å². The average Bonchev–Trinajstić information content (AvgIpc) is 2.25. The summed E-state index contributed by atoms with van der Waals surface area (Å²) in [4.78, 5) is 0. The van der Waals surface area contributed by atoms with Crippen LogP contribution in [0.3, 0.4) is 0 Å². The van der Waals surface area contributed by atoms with E-state index in [0.717, 1.165) is 32.8 Å². The molecule has 14 heavy (non-hydrogen) atoms. The highest BCUT2D eigenvalue weighted by molar-refractivity contribution is 4.65. The maximum atomic E-state index is 5.65. The molecule has 3 heteroatoms. The fourth-order valence-electron chi connectivity index (χ4n) is 1.78. The van der Waals surface area contributed by atoms with Crippen LogP contribution in [0.25, 0.3) is 0 Å². The zero-order chi connectivity index (χ0) is 10.1. The van der Waals surface area contributed by atoms with Gasteiger partial charge in [-0.2, -0.15) is 0 Å². The van der Waals surface area contributed by atoms with Crippen molar-refractivity contribution in [3.8, 4) is 0 Å². The second kappa shape index (κ2) is 8.21. The Morgan fingerprint density at radius 1 is 1.14 bits per heavy atom. The third-order valence-corrected chi connectivity index (χ3v) is 2.65. The lowest BCUT2D eigenvalue weighted by Gasteiger charge is -2.22. The van der Waals surface area contributed by atoms with Gasteiger partial charge in [0.15, 0.2) is 0 Å². The van der Waals surface area contributed by atoms with E-state index in [9.17, 15) is 0 Å². The molecule has 1 aliphatic rings. The monoisotopic (exact) mass is 200 g/mol. The van der Waals surface area contributed by atoms with Gasteiger partial charge in [-0.05, 0) is 38.8 Å². The molecule has 1 heterocycles. The van der Waals surface area contributed by atoms with Crippen LogP contribution in [-0.4, -0.2) is 38.9 Å². The van der Waals surface area contributed by atoms with E-state index in [4.69, 9.17) is 4.74 Å². The molecule has 2 N–H and O–H groups in total. The molecule has 0 spiro atoms. The summed E-state index contributed by atoms with van der Waals surface area (Å²) in [6, 6.07) is 0. The lowest BCUT2D eigenvalue weighted by atomic mass is 10.1. The summed E-state index contributed by atoms with van der Waals surface area (Å²) in [5.41, 5.74) is 0. The summed E-state index contributed by atoms with van der Waals surface area (Å²) in [6.45, 7) is 7.41. The SMILES string of the molecule is CCNCCNCCC1CCCCO1. The van der Waals surface area contributed by atoms with E-state index in [0.29, 0.717) is 6.10 Å². The van der Waals surface area contributed by atoms with Crippen molar-refractivity contribution >= 4 is 0 Å². The van der Waals surface area contributed by atoms with Gasteiger partial charge >= 0.3 is 0 Å². The molecule has 1 atom stereocenters. The first-order valence-corrected chi connectivity index (χ1v) is 5.96. The molecule has 1 saturated heterocycles. The molecule has 1 fully saturated rings. The molecule has 0 bridgehead atoms. The summed E-state index contributed by atoms with van der Waals surface area (Å²) in [5, 5.41) is 6.72. The van der Waals surface area contributed by atoms with Crippen molar-refractivity contribution in [1.82, 2.24) is 10.6 Å². The third-order valence-electron chi connectivity index (χ3n) is 2.65. The first kappa shape index (κ1) is 12.0. The number of hydrogen-bond acceptors (Lipinski definition) is 3. The lowest BCUT2D eigenvalue weighted by Crippen LogP contribution is -2.30. The van der Waals surface area contributed by atoms with Crippen LogP contribution in [0, 0.1) is 0 Å². The molecule has 0 amide bonds. The van der Waals surface area contributed by atoms with E-state index in [2.05, 4.69) is 17.6 Å². The van der Waals surface area contributed by atoms with Crippen molar-refractivity contribution in [1.29, 1.82) is 0 Å². The van der Waals surface area contributed by atoms with E-state index in [1.54, 1.807) is 0 Å². The molecule has 1 unspecified atom stereocenters. The first-order chi connectivity index (χ1) is 6.93. The molecule has 3 nitrogen and oxygen atoms in total. The van der Waals surface area contributed by atoms with Crippen LogP contribution in [0.2, 0.25) is 0 Å². The molecule has 1 rings (SSSR count). The van der Waals surface area contributed by atoms with E-state index in [1.165, 1.54) is 25.7 Å². The van der Waals surface area contributed by atoms with Gasteiger partial charge in [0.2, 0.25) is 0 Å². The Kier molecular flexibility index (Phi) is 7.01. The van der Waals surface area contributed by atoms with Gasteiger partial charge in [-0.25, -0.2) is 0 Å². The van der Waals surface area contributed by atoms with E-state index in [1.807, 2.05) is 0 Å². The normalized spacial score (nSPS) is 22.5. The average molecular weight is 200 g/mol. The quantitative estimate of drug-likeness (QED) is 0.605. The van der Waals surface area contributed by atoms with Crippen molar-refractivity contribution in [3.63, 3.8) is 0 Å². The van der Waals surface area contributed by atoms with Crippen LogP contribution in [0.1, 0.15) is 32.6 Å². The maximum absolute atomic E-state index is 5.65. The Labute approximate surface area is 87.6 Å². The largest absolute Gasteiger partial charge is 0.378 e. The predicted molar refractivity (Wildman–Crippen MR) is 59.6 cm³/mol. The minimum Gasteiger partial charge on any atom is -0.378 e. The summed E-state index contributed by atoms with van der Waals surface area (Å²) in [6.07, 6.45) is 5.56. The van der Waals surface area contributed by atoms with Crippen LogP contribution in [0.5, 0.6) is 0 Å². The minimum absolute atomic E-state index is 0.524. The van der Waals surface area contributed by atoms with Crippen molar-refractivity contribution in [2.45, 2.75) is 38.7 Å². The Bertz CT molecular complexity index is 124. The number of nitrogens with one attached hydrogen (secondary N) is 2. The lowest BCUT2D eigenvalue weighted by molar-refractivity contribution is 0.0116. The highest BCUT2D eigenvalue weighted by Gasteiger charge is 2.12. The van der Waals surface area contributed by atoms with Gasteiger partial charge in [-0.1, -0.05) is 6.92 Å². The molecule has 0 aromatic rings. The second-order valence-corrected chi connectivity index (χ2v) is 3.88. The van der Waals surface area contributed by atoms with Crippen molar-refractivity contribution in [2.24, 2.45) is 0 Å². The summed E-state index contributed by atoms with van der Waals surface area (Å²) < 4.78 is 5.65. The Balaban J connectivity index is 1.82. The van der Waals surface area contributed by atoms with E-state index < -0.39 is 0 Å². The fraction of sp³-hybridized carbons (Fsp3) is 1.00. The Morgan fingerprint density at radius 3 is 2.71 bits per heavy atom. The fourth-order valence-corrected chi connectivity index (χ4v) is 1.78. The molecule has 0 aromatic heterocycles. The van der Waals surface area contributed by atoms with Gasteiger partial charge in [0, 0.05) is 19.7 Å². The summed E-state index contributed by atoms with van der Waals surface area (Å²) in [7, 11) is 0.